The van der Waals surface area contributed by atoms with Crippen LogP contribution in [0.2, 0.25) is 0 Å². The highest BCUT2D eigenvalue weighted by Gasteiger charge is 2.16. The van der Waals surface area contributed by atoms with Crippen molar-refractivity contribution in [1.82, 2.24) is 15.1 Å². The van der Waals surface area contributed by atoms with Gasteiger partial charge in [-0.05, 0) is 31.2 Å². The normalized spacial score (nSPS) is 10.5. The number of aryl methyl sites for hydroxylation is 1. The summed E-state index contributed by atoms with van der Waals surface area (Å²) in [7, 11) is 1.58. The van der Waals surface area contributed by atoms with Crippen LogP contribution >= 0.6 is 11.8 Å². The van der Waals surface area contributed by atoms with Gasteiger partial charge in [-0.2, -0.15) is 0 Å². The molecule has 1 aromatic heterocycles. The number of hydrogen-bond donors (Lipinski definition) is 1. The van der Waals surface area contributed by atoms with Crippen LogP contribution in [0.4, 0.5) is 5.69 Å². The van der Waals surface area contributed by atoms with Gasteiger partial charge in [0.2, 0.25) is 17.7 Å². The molecule has 3 rings (SSSR count). The highest BCUT2D eigenvalue weighted by Crippen LogP contribution is 2.23. The van der Waals surface area contributed by atoms with Crippen molar-refractivity contribution in [2.75, 3.05) is 24.7 Å². The van der Waals surface area contributed by atoms with E-state index in [0.29, 0.717) is 16.8 Å². The van der Waals surface area contributed by atoms with Crippen molar-refractivity contribution in [1.29, 1.82) is 0 Å². The summed E-state index contributed by atoms with van der Waals surface area (Å²) in [6.07, 6.45) is 0. The molecular weight excluding hydrogens is 376 g/mol. The van der Waals surface area contributed by atoms with Crippen molar-refractivity contribution < 1.29 is 14.0 Å². The minimum Gasteiger partial charge on any atom is -0.411 e. The molecule has 0 radical (unpaired) electrons. The molecule has 0 saturated heterocycles. The fourth-order valence-electron chi connectivity index (χ4n) is 2.34. The minimum absolute atomic E-state index is 0.0353. The zero-order valence-corrected chi connectivity index (χ0v) is 16.4. The molecule has 28 heavy (non-hydrogen) atoms. The molecule has 8 heteroatoms. The zero-order valence-electron chi connectivity index (χ0n) is 15.6. The molecule has 1 heterocycles. The highest BCUT2D eigenvalue weighted by atomic mass is 32.2. The van der Waals surface area contributed by atoms with E-state index in [2.05, 4.69) is 15.5 Å². The lowest BCUT2D eigenvalue weighted by molar-refractivity contribution is -0.131. The van der Waals surface area contributed by atoms with E-state index in [0.717, 1.165) is 22.9 Å². The summed E-state index contributed by atoms with van der Waals surface area (Å²) in [5.41, 5.74) is 2.63. The number of nitrogens with one attached hydrogen (secondary N) is 1. The summed E-state index contributed by atoms with van der Waals surface area (Å²) in [5, 5.41) is 11.0. The quantitative estimate of drug-likeness (QED) is 0.617. The Morgan fingerprint density at radius 2 is 1.79 bits per heavy atom. The van der Waals surface area contributed by atoms with Gasteiger partial charge in [-0.3, -0.25) is 9.59 Å². The predicted molar refractivity (Wildman–Crippen MR) is 108 cm³/mol. The molecule has 1 N–H and O–H groups in total. The Bertz CT molecular complexity index is 942. The van der Waals surface area contributed by atoms with Gasteiger partial charge in [0.05, 0.1) is 12.3 Å². The molecule has 0 aliphatic rings. The SMILES string of the molecule is Cc1ccc(NC(=O)CN(C)C(=O)CSc2nnc(-c3ccccc3)o2)cc1. The van der Waals surface area contributed by atoms with Gasteiger partial charge >= 0.3 is 0 Å². The number of carbonyl (C=O) groups excluding carboxylic acids is 2. The molecule has 0 unspecified atom stereocenters. The van der Waals surface area contributed by atoms with Gasteiger partial charge in [-0.1, -0.05) is 47.7 Å². The second-order valence-electron chi connectivity index (χ2n) is 6.19. The van der Waals surface area contributed by atoms with Gasteiger partial charge in [0.25, 0.3) is 5.22 Å². The Balaban J connectivity index is 1.47. The molecule has 3 aromatic rings. The highest BCUT2D eigenvalue weighted by molar-refractivity contribution is 7.99. The average molecular weight is 396 g/mol. The van der Waals surface area contributed by atoms with Crippen molar-refractivity contribution in [3.8, 4) is 11.5 Å². The van der Waals surface area contributed by atoms with Crippen LogP contribution in [0.25, 0.3) is 11.5 Å². The average Bonchev–Trinajstić information content (AvgIpc) is 3.17. The Hall–Kier alpha value is -3.13. The molecule has 2 aromatic carbocycles. The van der Waals surface area contributed by atoms with E-state index in [4.69, 9.17) is 4.42 Å². The fourth-order valence-corrected chi connectivity index (χ4v) is 3.04. The van der Waals surface area contributed by atoms with E-state index in [1.807, 2.05) is 61.5 Å². The third-order valence-corrected chi connectivity index (χ3v) is 4.69. The first-order chi connectivity index (χ1) is 13.5. The molecule has 0 bridgehead atoms. The van der Waals surface area contributed by atoms with Crippen LogP contribution in [0.3, 0.4) is 0 Å². The van der Waals surface area contributed by atoms with Gasteiger partial charge in [-0.25, -0.2) is 0 Å². The largest absolute Gasteiger partial charge is 0.411 e. The topological polar surface area (TPSA) is 88.3 Å². The zero-order chi connectivity index (χ0) is 19.9. The standard InChI is InChI=1S/C20H20N4O3S/c1-14-8-10-16(11-9-14)21-17(25)12-24(2)18(26)13-28-20-23-22-19(27-20)15-6-4-3-5-7-15/h3-11H,12-13H2,1-2H3,(H,21,25). The Kier molecular flexibility index (Phi) is 6.44. The number of carbonyl (C=O) groups is 2. The second kappa shape index (κ2) is 9.18. The van der Waals surface area contributed by atoms with Gasteiger partial charge in [0.1, 0.15) is 0 Å². The third kappa shape index (κ3) is 5.43. The molecule has 0 atom stereocenters. The van der Waals surface area contributed by atoms with E-state index in [-0.39, 0.29) is 24.1 Å². The van der Waals surface area contributed by atoms with Crippen LogP contribution in [0.1, 0.15) is 5.56 Å². The Labute approximate surface area is 167 Å². The molecule has 0 aliphatic carbocycles. The molecular formula is C20H20N4O3S. The Morgan fingerprint density at radius 1 is 1.07 bits per heavy atom. The maximum Gasteiger partial charge on any atom is 0.277 e. The van der Waals surface area contributed by atoms with Crippen LogP contribution in [0.15, 0.2) is 64.2 Å². The van der Waals surface area contributed by atoms with Crippen LogP contribution < -0.4 is 5.32 Å². The van der Waals surface area contributed by atoms with Crippen LogP contribution in [-0.4, -0.2) is 46.3 Å². The number of rotatable bonds is 7. The lowest BCUT2D eigenvalue weighted by Gasteiger charge is -2.16. The lowest BCUT2D eigenvalue weighted by atomic mass is 10.2. The molecule has 144 valence electrons. The van der Waals surface area contributed by atoms with Gasteiger partial charge in [-0.15, -0.1) is 10.2 Å². The Morgan fingerprint density at radius 3 is 2.50 bits per heavy atom. The third-order valence-electron chi connectivity index (χ3n) is 3.89. The summed E-state index contributed by atoms with van der Waals surface area (Å²) >= 11 is 1.14. The lowest BCUT2D eigenvalue weighted by Crippen LogP contribution is -2.35. The van der Waals surface area contributed by atoms with Crippen LogP contribution in [0, 0.1) is 6.92 Å². The van der Waals surface area contributed by atoms with E-state index in [1.54, 1.807) is 7.05 Å². The van der Waals surface area contributed by atoms with Gasteiger partial charge in [0.15, 0.2) is 0 Å². The first-order valence-corrected chi connectivity index (χ1v) is 9.62. The first-order valence-electron chi connectivity index (χ1n) is 8.63. The van der Waals surface area contributed by atoms with E-state index < -0.39 is 0 Å². The number of anilines is 1. The molecule has 0 saturated carbocycles. The monoisotopic (exact) mass is 396 g/mol. The van der Waals surface area contributed by atoms with E-state index >= 15 is 0 Å². The number of thioether (sulfide) groups is 1. The minimum atomic E-state index is -0.256. The number of hydrogen-bond acceptors (Lipinski definition) is 6. The van der Waals surface area contributed by atoms with Crippen molar-refractivity contribution in [3.63, 3.8) is 0 Å². The van der Waals surface area contributed by atoms with E-state index in [9.17, 15) is 9.59 Å². The smallest absolute Gasteiger partial charge is 0.277 e. The van der Waals surface area contributed by atoms with Crippen LogP contribution in [0.5, 0.6) is 0 Å². The van der Waals surface area contributed by atoms with Crippen molar-refractivity contribution >= 4 is 29.3 Å². The maximum atomic E-state index is 12.3. The molecule has 2 amide bonds. The summed E-state index contributed by atoms with van der Waals surface area (Å²) in [6, 6.07) is 16.9. The number of aromatic nitrogens is 2. The molecule has 7 nitrogen and oxygen atoms in total. The fraction of sp³-hybridized carbons (Fsp3) is 0.200. The number of likely N-dealkylation sites (N-methyl/N-ethyl adjacent to an activating group) is 1. The van der Waals surface area contributed by atoms with Crippen LogP contribution in [-0.2, 0) is 9.59 Å². The van der Waals surface area contributed by atoms with Crippen molar-refractivity contribution in [2.45, 2.75) is 12.1 Å². The van der Waals surface area contributed by atoms with Gasteiger partial charge in [0, 0.05) is 18.3 Å². The molecule has 0 spiro atoms. The van der Waals surface area contributed by atoms with Crippen molar-refractivity contribution in [2.24, 2.45) is 0 Å². The first kappa shape index (κ1) is 19.6. The number of benzene rings is 2. The van der Waals surface area contributed by atoms with Gasteiger partial charge < -0.3 is 14.6 Å². The summed E-state index contributed by atoms with van der Waals surface area (Å²) in [6.45, 7) is 1.94. The van der Waals surface area contributed by atoms with Crippen molar-refractivity contribution in [3.05, 3.63) is 60.2 Å². The summed E-state index contributed by atoms with van der Waals surface area (Å²) < 4.78 is 5.56. The predicted octanol–water partition coefficient (Wildman–Crippen LogP) is 3.23. The maximum absolute atomic E-state index is 12.3. The molecule has 0 fully saturated rings. The van der Waals surface area contributed by atoms with E-state index in [1.165, 1.54) is 4.90 Å². The number of nitrogens with zero attached hydrogens (tertiary/aromatic N) is 3. The molecule has 0 aliphatic heterocycles. The summed E-state index contributed by atoms with van der Waals surface area (Å²) in [4.78, 5) is 25.7. The second-order valence-corrected chi connectivity index (χ2v) is 7.12. The summed E-state index contributed by atoms with van der Waals surface area (Å²) in [5.74, 6) is 0.0452. The number of amides is 2.